The van der Waals surface area contributed by atoms with Gasteiger partial charge in [0.25, 0.3) is 0 Å². The van der Waals surface area contributed by atoms with Gasteiger partial charge in [-0.2, -0.15) is 0 Å². The second kappa shape index (κ2) is 8.32. The summed E-state index contributed by atoms with van der Waals surface area (Å²) in [5, 5.41) is 13.3. The number of pyridine rings is 1. The zero-order valence-electron chi connectivity index (χ0n) is 16.8. The van der Waals surface area contributed by atoms with Gasteiger partial charge in [-0.1, -0.05) is 18.2 Å². The summed E-state index contributed by atoms with van der Waals surface area (Å²) in [7, 11) is 0. The van der Waals surface area contributed by atoms with Gasteiger partial charge in [-0.05, 0) is 60.7 Å². The normalized spacial score (nSPS) is 18.0. The summed E-state index contributed by atoms with van der Waals surface area (Å²) in [6, 6.07) is 19.4. The quantitative estimate of drug-likeness (QED) is 0.409. The summed E-state index contributed by atoms with van der Waals surface area (Å²) in [4.78, 5) is 17.9. The van der Waals surface area contributed by atoms with Crippen molar-refractivity contribution < 1.29 is 18.7 Å². The predicted octanol–water partition coefficient (Wildman–Crippen LogP) is 4.81. The van der Waals surface area contributed by atoms with E-state index in [1.54, 1.807) is 30.7 Å². The number of carbonyl (C=O) groups is 1. The molecule has 2 N–H and O–H groups in total. The van der Waals surface area contributed by atoms with E-state index in [0.29, 0.717) is 28.7 Å². The summed E-state index contributed by atoms with van der Waals surface area (Å²) >= 11 is 5.65. The van der Waals surface area contributed by atoms with Crippen LogP contribution in [0.1, 0.15) is 39.7 Å². The van der Waals surface area contributed by atoms with Crippen LogP contribution in [0.3, 0.4) is 0 Å². The standard InChI is InChI=1S/C24H19N3O4S/c28-23(29)16-6-3-5-15(13-16)19-9-10-20(31-19)22-21(18-8-1-2-11-25-18)26-24(32)27(22)14-17-7-4-12-30-17/h1-13,21-22H,14H2,(H,26,32)(H,28,29)/t21-,22+/m1/s1. The number of hydrogen-bond donors (Lipinski definition) is 2. The molecule has 0 bridgehead atoms. The highest BCUT2D eigenvalue weighted by Gasteiger charge is 2.42. The van der Waals surface area contributed by atoms with Gasteiger partial charge < -0.3 is 24.2 Å². The van der Waals surface area contributed by atoms with Crippen LogP contribution in [0.2, 0.25) is 0 Å². The molecule has 0 saturated carbocycles. The van der Waals surface area contributed by atoms with Gasteiger partial charge in [-0.15, -0.1) is 0 Å². The highest BCUT2D eigenvalue weighted by molar-refractivity contribution is 7.80. The molecule has 160 valence electrons. The van der Waals surface area contributed by atoms with Crippen molar-refractivity contribution in [3.05, 3.63) is 102 Å². The number of aromatic carboxylic acids is 1. The zero-order valence-corrected chi connectivity index (χ0v) is 17.7. The molecule has 4 aromatic rings. The van der Waals surface area contributed by atoms with Gasteiger partial charge in [0.2, 0.25) is 0 Å². The molecule has 1 aromatic carbocycles. The molecular formula is C24H19N3O4S. The minimum absolute atomic E-state index is 0.204. The van der Waals surface area contributed by atoms with E-state index in [0.717, 1.165) is 11.5 Å². The zero-order chi connectivity index (χ0) is 22.1. The lowest BCUT2D eigenvalue weighted by atomic mass is 10.0. The summed E-state index contributed by atoms with van der Waals surface area (Å²) in [5.41, 5.74) is 1.74. The van der Waals surface area contributed by atoms with Crippen LogP contribution in [-0.4, -0.2) is 26.1 Å². The van der Waals surface area contributed by atoms with Gasteiger partial charge in [-0.3, -0.25) is 4.98 Å². The number of hydrogen-bond acceptors (Lipinski definition) is 5. The van der Waals surface area contributed by atoms with Gasteiger partial charge in [-0.25, -0.2) is 4.79 Å². The molecule has 7 nitrogen and oxygen atoms in total. The van der Waals surface area contributed by atoms with E-state index in [1.807, 2.05) is 53.4 Å². The van der Waals surface area contributed by atoms with Gasteiger partial charge in [0.05, 0.1) is 30.1 Å². The van der Waals surface area contributed by atoms with E-state index in [4.69, 9.17) is 21.1 Å². The van der Waals surface area contributed by atoms with Crippen LogP contribution < -0.4 is 5.32 Å². The molecule has 8 heteroatoms. The number of aromatic nitrogens is 1. The summed E-state index contributed by atoms with van der Waals surface area (Å²) in [5.74, 6) is 1.07. The minimum Gasteiger partial charge on any atom is -0.478 e. The molecule has 1 aliphatic heterocycles. The molecule has 5 rings (SSSR count). The molecule has 0 spiro atoms. The molecule has 0 unspecified atom stereocenters. The van der Waals surface area contributed by atoms with Crippen LogP contribution in [0, 0.1) is 0 Å². The van der Waals surface area contributed by atoms with E-state index in [1.165, 1.54) is 0 Å². The number of carboxylic acids is 1. The highest BCUT2D eigenvalue weighted by atomic mass is 32.1. The van der Waals surface area contributed by atoms with E-state index in [9.17, 15) is 9.90 Å². The lowest BCUT2D eigenvalue weighted by Gasteiger charge is -2.25. The predicted molar refractivity (Wildman–Crippen MR) is 121 cm³/mol. The molecule has 1 fully saturated rings. The highest BCUT2D eigenvalue weighted by Crippen LogP contribution is 2.41. The van der Waals surface area contributed by atoms with E-state index >= 15 is 0 Å². The van der Waals surface area contributed by atoms with Crippen LogP contribution in [0.5, 0.6) is 0 Å². The van der Waals surface area contributed by atoms with Crippen LogP contribution in [0.4, 0.5) is 0 Å². The Kier molecular flexibility index (Phi) is 5.20. The van der Waals surface area contributed by atoms with Crippen LogP contribution in [-0.2, 0) is 6.54 Å². The fourth-order valence-electron chi connectivity index (χ4n) is 3.93. The fourth-order valence-corrected chi connectivity index (χ4v) is 4.23. The maximum absolute atomic E-state index is 11.4. The third-order valence-electron chi connectivity index (χ3n) is 5.42. The van der Waals surface area contributed by atoms with Gasteiger partial charge >= 0.3 is 5.97 Å². The number of benzene rings is 1. The molecule has 0 amide bonds. The molecule has 4 heterocycles. The van der Waals surface area contributed by atoms with Crippen LogP contribution >= 0.6 is 12.2 Å². The van der Waals surface area contributed by atoms with Gasteiger partial charge in [0.15, 0.2) is 5.11 Å². The van der Waals surface area contributed by atoms with Crippen molar-refractivity contribution in [3.8, 4) is 11.3 Å². The molecule has 0 aliphatic carbocycles. The van der Waals surface area contributed by atoms with Crippen molar-refractivity contribution >= 4 is 23.3 Å². The van der Waals surface area contributed by atoms with Gasteiger partial charge in [0, 0.05) is 11.8 Å². The Morgan fingerprint density at radius 3 is 2.78 bits per heavy atom. The lowest BCUT2D eigenvalue weighted by Crippen LogP contribution is -2.28. The third-order valence-corrected chi connectivity index (χ3v) is 5.77. The van der Waals surface area contributed by atoms with Crippen molar-refractivity contribution in [1.82, 2.24) is 15.2 Å². The van der Waals surface area contributed by atoms with Crippen molar-refractivity contribution in [3.63, 3.8) is 0 Å². The second-order valence-electron chi connectivity index (χ2n) is 7.42. The number of nitrogens with one attached hydrogen (secondary N) is 1. The number of carboxylic acid groups (broad SMARTS) is 1. The first kappa shape index (κ1) is 20.0. The Morgan fingerprint density at radius 1 is 1.12 bits per heavy atom. The average Bonchev–Trinajstić information content (AvgIpc) is 3.56. The van der Waals surface area contributed by atoms with Crippen LogP contribution in [0.25, 0.3) is 11.3 Å². The SMILES string of the molecule is O=C(O)c1cccc(-c2ccc([C@H]3[C@@H](c4ccccn4)NC(=S)N3Cc3ccco3)o2)c1. The summed E-state index contributed by atoms with van der Waals surface area (Å²) < 4.78 is 11.8. The monoisotopic (exact) mass is 445 g/mol. The third kappa shape index (κ3) is 3.76. The summed E-state index contributed by atoms with van der Waals surface area (Å²) in [6.45, 7) is 0.470. The van der Waals surface area contributed by atoms with Crippen molar-refractivity contribution in [1.29, 1.82) is 0 Å². The molecular weight excluding hydrogens is 426 g/mol. The van der Waals surface area contributed by atoms with Crippen molar-refractivity contribution in [2.24, 2.45) is 0 Å². The van der Waals surface area contributed by atoms with Crippen molar-refractivity contribution in [2.75, 3.05) is 0 Å². The van der Waals surface area contributed by atoms with Crippen molar-refractivity contribution in [2.45, 2.75) is 18.6 Å². The lowest BCUT2D eigenvalue weighted by molar-refractivity contribution is 0.0697. The fraction of sp³-hybridized carbons (Fsp3) is 0.125. The first-order chi connectivity index (χ1) is 15.6. The first-order valence-corrected chi connectivity index (χ1v) is 10.4. The minimum atomic E-state index is -0.983. The topological polar surface area (TPSA) is 91.7 Å². The largest absolute Gasteiger partial charge is 0.478 e. The number of nitrogens with zero attached hydrogens (tertiary/aromatic N) is 2. The molecule has 32 heavy (non-hydrogen) atoms. The molecule has 1 saturated heterocycles. The van der Waals surface area contributed by atoms with Gasteiger partial charge in [0.1, 0.15) is 23.3 Å². The molecule has 0 radical (unpaired) electrons. The second-order valence-corrected chi connectivity index (χ2v) is 7.81. The summed E-state index contributed by atoms with van der Waals surface area (Å²) in [6.07, 6.45) is 3.38. The molecule has 2 atom stereocenters. The van der Waals surface area contributed by atoms with Crippen LogP contribution in [0.15, 0.2) is 88.0 Å². The Balaban J connectivity index is 1.53. The first-order valence-electron chi connectivity index (χ1n) is 10.0. The number of furan rings is 2. The Labute approximate surface area is 189 Å². The maximum Gasteiger partial charge on any atom is 0.335 e. The molecule has 1 aliphatic rings. The number of rotatable bonds is 6. The number of thiocarbonyl (C=S) groups is 1. The van der Waals surface area contributed by atoms with E-state index in [-0.39, 0.29) is 17.6 Å². The Hall–Kier alpha value is -3.91. The Bertz CT molecular complexity index is 1250. The van der Waals surface area contributed by atoms with E-state index in [2.05, 4.69) is 10.3 Å². The maximum atomic E-state index is 11.4. The Morgan fingerprint density at radius 2 is 2.03 bits per heavy atom. The average molecular weight is 446 g/mol. The van der Waals surface area contributed by atoms with E-state index < -0.39 is 5.97 Å². The smallest absolute Gasteiger partial charge is 0.335 e. The molecule has 3 aromatic heterocycles.